The molecule has 2 nitrogen and oxygen atoms in total. The van der Waals surface area contributed by atoms with Gasteiger partial charge in [0.05, 0.1) is 10.1 Å². The summed E-state index contributed by atoms with van der Waals surface area (Å²) >= 11 is 17.9. The van der Waals surface area contributed by atoms with E-state index in [4.69, 9.17) is 34.8 Å². The predicted molar refractivity (Wildman–Crippen MR) is 70.2 cm³/mol. The molecule has 17 heavy (non-hydrogen) atoms. The Kier molecular flexibility index (Phi) is 3.81. The third-order valence-corrected chi connectivity index (χ3v) is 3.63. The van der Waals surface area contributed by atoms with Gasteiger partial charge in [-0.05, 0) is 12.1 Å². The van der Waals surface area contributed by atoms with Gasteiger partial charge in [-0.1, -0.05) is 53.0 Å². The second-order valence-electron chi connectivity index (χ2n) is 3.66. The molecule has 0 saturated carbocycles. The third-order valence-electron chi connectivity index (χ3n) is 2.54. The van der Waals surface area contributed by atoms with Crippen molar-refractivity contribution in [2.24, 2.45) is 0 Å². The van der Waals surface area contributed by atoms with Crippen molar-refractivity contribution in [2.45, 2.75) is 12.2 Å². The molecule has 5 heteroatoms. The van der Waals surface area contributed by atoms with Gasteiger partial charge in [0.25, 0.3) is 0 Å². The molecule has 2 rings (SSSR count). The van der Waals surface area contributed by atoms with Crippen molar-refractivity contribution in [3.8, 4) is 0 Å². The van der Waals surface area contributed by atoms with Gasteiger partial charge in [-0.2, -0.15) is 0 Å². The summed E-state index contributed by atoms with van der Waals surface area (Å²) in [5, 5.41) is 20.1. The molecule has 0 saturated heterocycles. The van der Waals surface area contributed by atoms with E-state index in [9.17, 15) is 10.2 Å². The molecular weight excluding hydrogens is 282 g/mol. The van der Waals surface area contributed by atoms with Crippen LogP contribution in [0.25, 0.3) is 5.57 Å². The molecule has 1 aliphatic rings. The molecule has 0 aliphatic heterocycles. The SMILES string of the molecule is O[C@@H]1C(Cl)=C(c2ccccc2Cl)C=C(Cl)[C@@H]1O. The smallest absolute Gasteiger partial charge is 0.121 e. The van der Waals surface area contributed by atoms with Crippen molar-refractivity contribution in [2.75, 3.05) is 0 Å². The average Bonchev–Trinajstić information content (AvgIpc) is 2.32. The highest BCUT2D eigenvalue weighted by Gasteiger charge is 2.29. The molecule has 0 aromatic heterocycles. The number of hydrogen-bond donors (Lipinski definition) is 2. The van der Waals surface area contributed by atoms with Gasteiger partial charge in [-0.25, -0.2) is 0 Å². The van der Waals surface area contributed by atoms with E-state index in [-0.39, 0.29) is 10.1 Å². The van der Waals surface area contributed by atoms with Crippen LogP contribution in [0.3, 0.4) is 0 Å². The van der Waals surface area contributed by atoms with Gasteiger partial charge in [0.15, 0.2) is 0 Å². The molecule has 0 radical (unpaired) electrons. The number of rotatable bonds is 1. The van der Waals surface area contributed by atoms with E-state index >= 15 is 0 Å². The summed E-state index contributed by atoms with van der Waals surface area (Å²) in [6.45, 7) is 0. The molecule has 1 aromatic rings. The van der Waals surface area contributed by atoms with Crippen molar-refractivity contribution in [1.82, 2.24) is 0 Å². The lowest BCUT2D eigenvalue weighted by atomic mass is 9.96. The Morgan fingerprint density at radius 1 is 0.941 bits per heavy atom. The van der Waals surface area contributed by atoms with E-state index in [1.165, 1.54) is 6.08 Å². The molecule has 2 N–H and O–H groups in total. The van der Waals surface area contributed by atoms with Crippen LogP contribution in [0.1, 0.15) is 5.56 Å². The highest BCUT2D eigenvalue weighted by atomic mass is 35.5. The minimum Gasteiger partial charge on any atom is -0.384 e. The van der Waals surface area contributed by atoms with Crippen molar-refractivity contribution in [3.05, 3.63) is 51.0 Å². The predicted octanol–water partition coefficient (Wildman–Crippen LogP) is 3.15. The first-order valence-electron chi connectivity index (χ1n) is 4.90. The second-order valence-corrected chi connectivity index (χ2v) is 4.91. The Labute approximate surface area is 114 Å². The Bertz CT molecular complexity index is 508. The van der Waals surface area contributed by atoms with Gasteiger partial charge < -0.3 is 10.2 Å². The summed E-state index contributed by atoms with van der Waals surface area (Å²) in [6, 6.07) is 7.08. The highest BCUT2D eigenvalue weighted by molar-refractivity contribution is 6.38. The van der Waals surface area contributed by atoms with E-state index in [1.807, 2.05) is 0 Å². The molecule has 0 fully saturated rings. The van der Waals surface area contributed by atoms with Crippen LogP contribution in [0.15, 0.2) is 40.4 Å². The fourth-order valence-corrected chi connectivity index (χ4v) is 2.37. The van der Waals surface area contributed by atoms with Crippen LogP contribution in [-0.4, -0.2) is 22.4 Å². The lowest BCUT2D eigenvalue weighted by molar-refractivity contribution is 0.0740. The molecule has 90 valence electrons. The molecule has 0 unspecified atom stereocenters. The van der Waals surface area contributed by atoms with Gasteiger partial charge >= 0.3 is 0 Å². The maximum Gasteiger partial charge on any atom is 0.121 e. The van der Waals surface area contributed by atoms with Gasteiger partial charge in [-0.3, -0.25) is 0 Å². The molecule has 0 heterocycles. The number of benzene rings is 1. The van der Waals surface area contributed by atoms with Gasteiger partial charge in [-0.15, -0.1) is 0 Å². The first-order valence-corrected chi connectivity index (χ1v) is 6.03. The van der Waals surface area contributed by atoms with Crippen LogP contribution >= 0.6 is 34.8 Å². The zero-order valence-corrected chi connectivity index (χ0v) is 10.8. The van der Waals surface area contributed by atoms with Gasteiger partial charge in [0, 0.05) is 16.2 Å². The summed E-state index contributed by atoms with van der Waals surface area (Å²) in [5.74, 6) is 0. The fourth-order valence-electron chi connectivity index (χ4n) is 1.63. The van der Waals surface area contributed by atoms with Gasteiger partial charge in [0.1, 0.15) is 12.2 Å². The molecular formula is C12H9Cl3O2. The molecule has 1 aliphatic carbocycles. The zero-order chi connectivity index (χ0) is 12.6. The second kappa shape index (κ2) is 5.01. The first-order chi connectivity index (χ1) is 8.02. The van der Waals surface area contributed by atoms with Crippen LogP contribution in [-0.2, 0) is 0 Å². The zero-order valence-electron chi connectivity index (χ0n) is 8.57. The minimum atomic E-state index is -1.22. The number of aliphatic hydroxyl groups excluding tert-OH is 2. The standard InChI is InChI=1S/C12H9Cl3O2/c13-8-4-2-1-3-6(8)7-5-9(14)11(16)12(17)10(7)15/h1-5,11-12,16-17H/t11-,12+/m0/s1. The van der Waals surface area contributed by atoms with Crippen molar-refractivity contribution in [3.63, 3.8) is 0 Å². The maximum atomic E-state index is 9.73. The molecule has 0 bridgehead atoms. The Balaban J connectivity index is 2.56. The summed E-state index contributed by atoms with van der Waals surface area (Å²) in [6.07, 6.45) is -0.890. The van der Waals surface area contributed by atoms with Gasteiger partial charge in [0.2, 0.25) is 0 Å². The topological polar surface area (TPSA) is 40.5 Å². The molecule has 1 aromatic carbocycles. The van der Waals surface area contributed by atoms with Crippen molar-refractivity contribution < 1.29 is 10.2 Å². The van der Waals surface area contributed by atoms with Crippen LogP contribution in [0.5, 0.6) is 0 Å². The Morgan fingerprint density at radius 2 is 1.59 bits per heavy atom. The Morgan fingerprint density at radius 3 is 2.24 bits per heavy atom. The van der Waals surface area contributed by atoms with E-state index in [0.29, 0.717) is 16.2 Å². The minimum absolute atomic E-state index is 0.134. The van der Waals surface area contributed by atoms with E-state index < -0.39 is 12.2 Å². The highest BCUT2D eigenvalue weighted by Crippen LogP contribution is 2.37. The number of halogens is 3. The lowest BCUT2D eigenvalue weighted by Crippen LogP contribution is -2.29. The maximum absolute atomic E-state index is 9.73. The summed E-state index contributed by atoms with van der Waals surface area (Å²) < 4.78 is 0. The Hall–Kier alpha value is -0.510. The number of aliphatic hydroxyl groups is 2. The summed E-state index contributed by atoms with van der Waals surface area (Å²) in [4.78, 5) is 0. The summed E-state index contributed by atoms with van der Waals surface area (Å²) in [5.41, 5.74) is 1.20. The average molecular weight is 292 g/mol. The number of allylic oxidation sites excluding steroid dienone is 2. The van der Waals surface area contributed by atoms with E-state index in [0.717, 1.165) is 0 Å². The quantitative estimate of drug-likeness (QED) is 0.834. The van der Waals surface area contributed by atoms with Crippen LogP contribution in [0, 0.1) is 0 Å². The largest absolute Gasteiger partial charge is 0.384 e. The van der Waals surface area contributed by atoms with Crippen LogP contribution < -0.4 is 0 Å². The summed E-state index contributed by atoms with van der Waals surface area (Å²) in [7, 11) is 0. The van der Waals surface area contributed by atoms with Crippen molar-refractivity contribution >= 4 is 40.4 Å². The lowest BCUT2D eigenvalue weighted by Gasteiger charge is -2.24. The molecule has 0 spiro atoms. The normalized spacial score (nSPS) is 24.9. The molecule has 0 amide bonds. The van der Waals surface area contributed by atoms with Crippen LogP contribution in [0.4, 0.5) is 0 Å². The first kappa shape index (κ1) is 12.9. The van der Waals surface area contributed by atoms with E-state index in [1.54, 1.807) is 24.3 Å². The number of hydrogen-bond acceptors (Lipinski definition) is 2. The van der Waals surface area contributed by atoms with E-state index in [2.05, 4.69) is 0 Å². The van der Waals surface area contributed by atoms with Crippen molar-refractivity contribution in [1.29, 1.82) is 0 Å². The van der Waals surface area contributed by atoms with Crippen LogP contribution in [0.2, 0.25) is 5.02 Å². The third kappa shape index (κ3) is 2.37. The fraction of sp³-hybridized carbons (Fsp3) is 0.167. The monoisotopic (exact) mass is 290 g/mol. The molecule has 2 atom stereocenters.